The Labute approximate surface area is 176 Å². The van der Waals surface area contributed by atoms with Crippen molar-refractivity contribution >= 4 is 27.6 Å². The molecular weight excluding hydrogens is 404 g/mol. The van der Waals surface area contributed by atoms with E-state index in [-0.39, 0.29) is 16.1 Å². The van der Waals surface area contributed by atoms with Crippen LogP contribution in [-0.2, 0) is 19.6 Å². The molecule has 0 radical (unpaired) electrons. The van der Waals surface area contributed by atoms with Gasteiger partial charge in [-0.25, -0.2) is 13.2 Å². The van der Waals surface area contributed by atoms with E-state index in [1.807, 2.05) is 0 Å². The number of hydrogen-bond acceptors (Lipinski definition) is 5. The van der Waals surface area contributed by atoms with E-state index in [9.17, 15) is 18.0 Å². The summed E-state index contributed by atoms with van der Waals surface area (Å²) in [4.78, 5) is 25.5. The molecule has 1 amide bonds. The molecule has 7 nitrogen and oxygen atoms in total. The van der Waals surface area contributed by atoms with Crippen LogP contribution in [0, 0.1) is 5.92 Å². The number of rotatable bonds is 6. The lowest BCUT2D eigenvalue weighted by Gasteiger charge is -2.37. The Morgan fingerprint density at radius 2 is 1.70 bits per heavy atom. The number of sulfonamides is 1. The van der Waals surface area contributed by atoms with Gasteiger partial charge in [0.15, 0.2) is 0 Å². The fourth-order valence-electron chi connectivity index (χ4n) is 3.66. The maximum atomic E-state index is 12.9. The van der Waals surface area contributed by atoms with Crippen molar-refractivity contribution in [1.29, 1.82) is 0 Å². The third kappa shape index (κ3) is 4.81. The summed E-state index contributed by atoms with van der Waals surface area (Å²) in [6, 6.07) is 14.2. The third-order valence-electron chi connectivity index (χ3n) is 5.49. The molecule has 2 aromatic carbocycles. The summed E-state index contributed by atoms with van der Waals surface area (Å²) in [5, 5.41) is 2.85. The molecule has 1 aliphatic carbocycles. The van der Waals surface area contributed by atoms with Crippen LogP contribution in [0.3, 0.4) is 0 Å². The lowest BCUT2D eigenvalue weighted by molar-refractivity contribution is -0.150. The van der Waals surface area contributed by atoms with E-state index >= 15 is 0 Å². The Kier molecular flexibility index (Phi) is 6.45. The average molecular weight is 431 g/mol. The van der Waals surface area contributed by atoms with E-state index in [4.69, 9.17) is 4.74 Å². The van der Waals surface area contributed by atoms with Crippen molar-refractivity contribution in [2.75, 3.05) is 11.8 Å². The van der Waals surface area contributed by atoms with Crippen LogP contribution in [-0.4, -0.2) is 32.9 Å². The molecule has 2 aromatic rings. The van der Waals surface area contributed by atoms with Gasteiger partial charge in [0.05, 0.1) is 12.0 Å². The first-order valence-electron chi connectivity index (χ1n) is 9.85. The summed E-state index contributed by atoms with van der Waals surface area (Å²) in [5.74, 6) is -0.421. The Hall–Kier alpha value is -2.87. The van der Waals surface area contributed by atoms with Crippen LogP contribution >= 0.6 is 0 Å². The van der Waals surface area contributed by atoms with Crippen LogP contribution < -0.4 is 10.0 Å². The molecule has 1 saturated carbocycles. The zero-order valence-corrected chi connectivity index (χ0v) is 17.9. The molecule has 0 spiro atoms. The maximum Gasteiger partial charge on any atom is 0.331 e. The number of carbonyl (C=O) groups is 2. The SMILES string of the molecule is COC(=O)C1(NC(=O)c2cccc(NS(=O)(=O)c3ccccc3)c2)CCC(C)CC1. The van der Waals surface area contributed by atoms with E-state index in [1.165, 1.54) is 25.3 Å². The Morgan fingerprint density at radius 1 is 1.03 bits per heavy atom. The smallest absolute Gasteiger partial charge is 0.331 e. The summed E-state index contributed by atoms with van der Waals surface area (Å²) in [7, 11) is -2.46. The predicted molar refractivity (Wildman–Crippen MR) is 114 cm³/mol. The van der Waals surface area contributed by atoms with Crippen molar-refractivity contribution in [2.24, 2.45) is 5.92 Å². The molecule has 0 saturated heterocycles. The quantitative estimate of drug-likeness (QED) is 0.685. The second-order valence-electron chi connectivity index (χ2n) is 7.71. The van der Waals surface area contributed by atoms with Crippen LogP contribution in [0.5, 0.6) is 0 Å². The van der Waals surface area contributed by atoms with Gasteiger partial charge in [-0.15, -0.1) is 0 Å². The molecule has 0 unspecified atom stereocenters. The molecule has 0 atom stereocenters. The first-order valence-corrected chi connectivity index (χ1v) is 11.3. The maximum absolute atomic E-state index is 12.9. The fraction of sp³-hybridized carbons (Fsp3) is 0.364. The van der Waals surface area contributed by atoms with Gasteiger partial charge in [0.25, 0.3) is 15.9 Å². The first-order chi connectivity index (χ1) is 14.3. The number of amides is 1. The Morgan fingerprint density at radius 3 is 2.33 bits per heavy atom. The number of benzene rings is 2. The highest BCUT2D eigenvalue weighted by Gasteiger charge is 2.43. The van der Waals surface area contributed by atoms with E-state index in [0.717, 1.165) is 12.8 Å². The number of methoxy groups -OCH3 is 1. The highest BCUT2D eigenvalue weighted by Crippen LogP contribution is 2.33. The van der Waals surface area contributed by atoms with Gasteiger partial charge in [-0.2, -0.15) is 0 Å². The molecule has 0 bridgehead atoms. The number of nitrogens with one attached hydrogen (secondary N) is 2. The summed E-state index contributed by atoms with van der Waals surface area (Å²) < 4.78 is 32.5. The Bertz CT molecular complexity index is 1010. The minimum absolute atomic E-state index is 0.126. The molecule has 30 heavy (non-hydrogen) atoms. The molecule has 0 heterocycles. The predicted octanol–water partition coefficient (Wildman–Crippen LogP) is 3.34. The second-order valence-corrected chi connectivity index (χ2v) is 9.39. The number of hydrogen-bond donors (Lipinski definition) is 2. The standard InChI is InChI=1S/C22H26N2O5S/c1-16-11-13-22(14-12-16,21(26)29-2)23-20(25)17-7-6-8-18(15-17)24-30(27,28)19-9-4-3-5-10-19/h3-10,15-16,24H,11-14H2,1-2H3,(H,23,25). The van der Waals surface area contributed by atoms with Gasteiger partial charge >= 0.3 is 5.97 Å². The molecule has 0 aromatic heterocycles. The highest BCUT2D eigenvalue weighted by atomic mass is 32.2. The summed E-state index contributed by atoms with van der Waals surface area (Å²) >= 11 is 0. The molecule has 1 fully saturated rings. The molecule has 0 aliphatic heterocycles. The molecule has 8 heteroatoms. The van der Waals surface area contributed by atoms with Crippen molar-refractivity contribution in [3.05, 3.63) is 60.2 Å². The van der Waals surface area contributed by atoms with Crippen LogP contribution in [0.25, 0.3) is 0 Å². The van der Waals surface area contributed by atoms with Gasteiger partial charge in [0.2, 0.25) is 0 Å². The fourth-order valence-corrected chi connectivity index (χ4v) is 4.73. The van der Waals surface area contributed by atoms with Gasteiger partial charge in [0.1, 0.15) is 5.54 Å². The number of esters is 1. The van der Waals surface area contributed by atoms with E-state index in [0.29, 0.717) is 18.8 Å². The summed E-state index contributed by atoms with van der Waals surface area (Å²) in [6.07, 6.45) is 2.64. The topological polar surface area (TPSA) is 102 Å². The number of anilines is 1. The van der Waals surface area contributed by atoms with Crippen molar-refractivity contribution in [1.82, 2.24) is 5.32 Å². The zero-order valence-electron chi connectivity index (χ0n) is 17.1. The number of carbonyl (C=O) groups excluding carboxylic acids is 2. The summed E-state index contributed by atoms with van der Waals surface area (Å²) in [6.45, 7) is 2.12. The number of ether oxygens (including phenoxy) is 1. The van der Waals surface area contributed by atoms with Gasteiger partial charge < -0.3 is 10.1 Å². The monoisotopic (exact) mass is 430 g/mol. The van der Waals surface area contributed by atoms with Crippen LogP contribution in [0.15, 0.2) is 59.5 Å². The van der Waals surface area contributed by atoms with Gasteiger partial charge in [-0.3, -0.25) is 9.52 Å². The summed E-state index contributed by atoms with van der Waals surface area (Å²) in [5.41, 5.74) is -0.543. The van der Waals surface area contributed by atoms with Crippen molar-refractivity contribution in [2.45, 2.75) is 43.0 Å². The normalized spacial score (nSPS) is 21.5. The third-order valence-corrected chi connectivity index (χ3v) is 6.88. The van der Waals surface area contributed by atoms with Crippen molar-refractivity contribution in [3.63, 3.8) is 0 Å². The van der Waals surface area contributed by atoms with Gasteiger partial charge in [-0.05, 0) is 61.9 Å². The Balaban J connectivity index is 1.79. The molecular formula is C22H26N2O5S. The van der Waals surface area contributed by atoms with Crippen molar-refractivity contribution in [3.8, 4) is 0 Å². The highest BCUT2D eigenvalue weighted by molar-refractivity contribution is 7.92. The second kappa shape index (κ2) is 8.87. The lowest BCUT2D eigenvalue weighted by atomic mass is 9.77. The largest absolute Gasteiger partial charge is 0.467 e. The van der Waals surface area contributed by atoms with E-state index < -0.39 is 27.4 Å². The zero-order chi connectivity index (χ0) is 21.8. The molecule has 2 N–H and O–H groups in total. The van der Waals surface area contributed by atoms with E-state index in [2.05, 4.69) is 17.0 Å². The minimum Gasteiger partial charge on any atom is -0.467 e. The van der Waals surface area contributed by atoms with Crippen LogP contribution in [0.4, 0.5) is 5.69 Å². The van der Waals surface area contributed by atoms with Gasteiger partial charge in [0, 0.05) is 11.3 Å². The average Bonchev–Trinajstić information content (AvgIpc) is 2.75. The van der Waals surface area contributed by atoms with Crippen LogP contribution in [0.2, 0.25) is 0 Å². The van der Waals surface area contributed by atoms with Crippen LogP contribution in [0.1, 0.15) is 43.0 Å². The molecule has 1 aliphatic rings. The lowest BCUT2D eigenvalue weighted by Crippen LogP contribution is -2.56. The minimum atomic E-state index is -3.77. The van der Waals surface area contributed by atoms with E-state index in [1.54, 1.807) is 36.4 Å². The van der Waals surface area contributed by atoms with Gasteiger partial charge in [-0.1, -0.05) is 31.2 Å². The molecule has 160 valence electrons. The first kappa shape index (κ1) is 21.8. The molecule has 3 rings (SSSR count). The van der Waals surface area contributed by atoms with Crippen molar-refractivity contribution < 1.29 is 22.7 Å².